The van der Waals surface area contributed by atoms with Gasteiger partial charge in [0.05, 0.1) is 18.8 Å². The molecular weight excluding hydrogens is 174 g/mol. The van der Waals surface area contributed by atoms with Gasteiger partial charge in [0.25, 0.3) is 0 Å². The van der Waals surface area contributed by atoms with E-state index in [1.54, 1.807) is 0 Å². The molecule has 1 aromatic carbocycles. The summed E-state index contributed by atoms with van der Waals surface area (Å²) in [6, 6.07) is 8.73. The highest BCUT2D eigenvalue weighted by Crippen LogP contribution is 2.37. The molecule has 1 atom stereocenters. The van der Waals surface area contributed by atoms with E-state index in [0.29, 0.717) is 0 Å². The van der Waals surface area contributed by atoms with Crippen LogP contribution in [0.1, 0.15) is 17.5 Å². The van der Waals surface area contributed by atoms with Gasteiger partial charge in [0.2, 0.25) is 0 Å². The van der Waals surface area contributed by atoms with Crippen LogP contribution in [0.15, 0.2) is 24.3 Å². The van der Waals surface area contributed by atoms with E-state index in [0.717, 1.165) is 19.8 Å². The maximum absolute atomic E-state index is 5.60. The minimum Gasteiger partial charge on any atom is -0.378 e. The molecule has 2 nitrogen and oxygen atoms in total. The van der Waals surface area contributed by atoms with Crippen LogP contribution in [0, 0.1) is 0 Å². The Bertz CT molecular complexity index is 336. The third kappa shape index (κ3) is 1.11. The van der Waals surface area contributed by atoms with Gasteiger partial charge in [-0.05, 0) is 24.0 Å². The SMILES string of the molecule is c1ccc2c(c1)CC[C@]21COCCN1. The predicted octanol–water partition coefficient (Wildman–Crippen LogP) is 1.45. The number of fused-ring (bicyclic) bond motifs is 2. The highest BCUT2D eigenvalue weighted by molar-refractivity contribution is 5.39. The lowest BCUT2D eigenvalue weighted by Crippen LogP contribution is -2.50. The zero-order chi connectivity index (χ0) is 9.43. The molecule has 0 bridgehead atoms. The Morgan fingerprint density at radius 2 is 2.21 bits per heavy atom. The van der Waals surface area contributed by atoms with E-state index in [9.17, 15) is 0 Å². The molecule has 2 aliphatic rings. The Kier molecular flexibility index (Phi) is 1.85. The normalized spacial score (nSPS) is 30.6. The molecular formula is C12H15NO. The van der Waals surface area contributed by atoms with E-state index in [4.69, 9.17) is 4.74 Å². The average Bonchev–Trinajstić information content (AvgIpc) is 2.60. The Morgan fingerprint density at radius 1 is 1.29 bits per heavy atom. The predicted molar refractivity (Wildman–Crippen MR) is 55.3 cm³/mol. The lowest BCUT2D eigenvalue weighted by atomic mass is 9.92. The van der Waals surface area contributed by atoms with Crippen molar-refractivity contribution in [3.63, 3.8) is 0 Å². The van der Waals surface area contributed by atoms with Gasteiger partial charge in [-0.15, -0.1) is 0 Å². The van der Waals surface area contributed by atoms with Gasteiger partial charge in [0.1, 0.15) is 0 Å². The smallest absolute Gasteiger partial charge is 0.0691 e. The minimum atomic E-state index is 0.134. The second-order valence-corrected chi connectivity index (χ2v) is 4.22. The van der Waals surface area contributed by atoms with Crippen LogP contribution in [0.25, 0.3) is 0 Å². The van der Waals surface area contributed by atoms with Crippen molar-refractivity contribution in [2.45, 2.75) is 18.4 Å². The molecule has 14 heavy (non-hydrogen) atoms. The van der Waals surface area contributed by atoms with Crippen LogP contribution < -0.4 is 5.32 Å². The van der Waals surface area contributed by atoms with Crippen molar-refractivity contribution in [1.29, 1.82) is 0 Å². The number of hydrogen-bond donors (Lipinski definition) is 1. The standard InChI is InChI=1S/C12H15NO/c1-2-4-11-10(3-1)5-6-12(11)9-14-8-7-13-12/h1-4,13H,5-9H2/t12-/m0/s1. The number of benzene rings is 1. The summed E-state index contributed by atoms with van der Waals surface area (Å²) in [5.41, 5.74) is 3.08. The number of morpholine rings is 1. The molecule has 1 N–H and O–H groups in total. The first-order valence-electron chi connectivity index (χ1n) is 5.32. The zero-order valence-electron chi connectivity index (χ0n) is 8.25. The Morgan fingerprint density at radius 3 is 3.07 bits per heavy atom. The molecule has 1 saturated heterocycles. The van der Waals surface area contributed by atoms with Crippen molar-refractivity contribution in [3.8, 4) is 0 Å². The molecule has 1 aliphatic heterocycles. The van der Waals surface area contributed by atoms with Crippen molar-refractivity contribution in [3.05, 3.63) is 35.4 Å². The fraction of sp³-hybridized carbons (Fsp3) is 0.500. The lowest BCUT2D eigenvalue weighted by Gasteiger charge is -2.35. The summed E-state index contributed by atoms with van der Waals surface area (Å²) in [7, 11) is 0. The lowest BCUT2D eigenvalue weighted by molar-refractivity contribution is 0.0260. The fourth-order valence-electron chi connectivity index (χ4n) is 2.68. The fourth-order valence-corrected chi connectivity index (χ4v) is 2.68. The largest absolute Gasteiger partial charge is 0.378 e. The molecule has 1 spiro atoms. The van der Waals surface area contributed by atoms with Crippen LogP contribution in [0.5, 0.6) is 0 Å². The third-order valence-electron chi connectivity index (χ3n) is 3.41. The van der Waals surface area contributed by atoms with Gasteiger partial charge in [-0.1, -0.05) is 24.3 Å². The first-order chi connectivity index (χ1) is 6.91. The number of aryl methyl sites for hydroxylation is 1. The van der Waals surface area contributed by atoms with Crippen molar-refractivity contribution < 1.29 is 4.74 Å². The maximum Gasteiger partial charge on any atom is 0.0691 e. The Balaban J connectivity index is 2.03. The monoisotopic (exact) mass is 189 g/mol. The second kappa shape index (κ2) is 3.07. The van der Waals surface area contributed by atoms with Crippen LogP contribution in [0.4, 0.5) is 0 Å². The molecule has 2 heteroatoms. The molecule has 0 amide bonds. The van der Waals surface area contributed by atoms with E-state index in [1.165, 1.54) is 24.0 Å². The number of nitrogens with one attached hydrogen (secondary N) is 1. The minimum absolute atomic E-state index is 0.134. The average molecular weight is 189 g/mol. The van der Waals surface area contributed by atoms with Gasteiger partial charge in [-0.25, -0.2) is 0 Å². The van der Waals surface area contributed by atoms with Crippen LogP contribution in [0.3, 0.4) is 0 Å². The highest BCUT2D eigenvalue weighted by Gasteiger charge is 2.39. The summed E-state index contributed by atoms with van der Waals surface area (Å²) < 4.78 is 5.60. The highest BCUT2D eigenvalue weighted by atomic mass is 16.5. The summed E-state index contributed by atoms with van der Waals surface area (Å²) in [6.45, 7) is 2.67. The summed E-state index contributed by atoms with van der Waals surface area (Å²) in [6.07, 6.45) is 2.37. The molecule has 0 radical (unpaired) electrons. The van der Waals surface area contributed by atoms with E-state index < -0.39 is 0 Å². The summed E-state index contributed by atoms with van der Waals surface area (Å²) in [4.78, 5) is 0. The molecule has 3 rings (SSSR count). The van der Waals surface area contributed by atoms with Crippen molar-refractivity contribution >= 4 is 0 Å². The molecule has 1 aliphatic carbocycles. The van der Waals surface area contributed by atoms with Gasteiger partial charge in [-0.2, -0.15) is 0 Å². The van der Waals surface area contributed by atoms with Crippen molar-refractivity contribution in [2.75, 3.05) is 19.8 Å². The maximum atomic E-state index is 5.60. The van der Waals surface area contributed by atoms with Gasteiger partial charge >= 0.3 is 0 Å². The van der Waals surface area contributed by atoms with E-state index in [2.05, 4.69) is 29.6 Å². The summed E-state index contributed by atoms with van der Waals surface area (Å²) in [5.74, 6) is 0. The van der Waals surface area contributed by atoms with Crippen LogP contribution in [-0.2, 0) is 16.7 Å². The summed E-state index contributed by atoms with van der Waals surface area (Å²) in [5, 5.41) is 3.63. The molecule has 0 aromatic heterocycles. The number of hydrogen-bond acceptors (Lipinski definition) is 2. The van der Waals surface area contributed by atoms with Gasteiger partial charge in [0, 0.05) is 6.54 Å². The Hall–Kier alpha value is -0.860. The third-order valence-corrected chi connectivity index (χ3v) is 3.41. The second-order valence-electron chi connectivity index (χ2n) is 4.22. The van der Waals surface area contributed by atoms with Gasteiger partial charge < -0.3 is 10.1 Å². The summed E-state index contributed by atoms with van der Waals surface area (Å²) >= 11 is 0. The zero-order valence-corrected chi connectivity index (χ0v) is 8.25. The first kappa shape index (κ1) is 8.45. The van der Waals surface area contributed by atoms with Crippen molar-refractivity contribution in [1.82, 2.24) is 5.32 Å². The number of ether oxygens (including phenoxy) is 1. The van der Waals surface area contributed by atoms with E-state index >= 15 is 0 Å². The molecule has 1 heterocycles. The quantitative estimate of drug-likeness (QED) is 0.667. The molecule has 74 valence electrons. The molecule has 0 unspecified atom stereocenters. The molecule has 0 saturated carbocycles. The van der Waals surface area contributed by atoms with Gasteiger partial charge in [-0.3, -0.25) is 0 Å². The first-order valence-corrected chi connectivity index (χ1v) is 5.32. The topological polar surface area (TPSA) is 21.3 Å². The Labute approximate surface area is 84.3 Å². The molecule has 1 aromatic rings. The van der Waals surface area contributed by atoms with E-state index in [1.807, 2.05) is 0 Å². The van der Waals surface area contributed by atoms with Gasteiger partial charge in [0.15, 0.2) is 0 Å². The van der Waals surface area contributed by atoms with Crippen LogP contribution in [-0.4, -0.2) is 19.8 Å². The molecule has 1 fully saturated rings. The van der Waals surface area contributed by atoms with Crippen LogP contribution in [0.2, 0.25) is 0 Å². The number of rotatable bonds is 0. The van der Waals surface area contributed by atoms with Crippen LogP contribution >= 0.6 is 0 Å². The van der Waals surface area contributed by atoms with Crippen molar-refractivity contribution in [2.24, 2.45) is 0 Å². The van der Waals surface area contributed by atoms with E-state index in [-0.39, 0.29) is 5.54 Å².